The second-order valence-electron chi connectivity index (χ2n) is 3.06. The van der Waals surface area contributed by atoms with E-state index in [1.54, 1.807) is 11.4 Å². The Balaban J connectivity index is 2.46. The van der Waals surface area contributed by atoms with E-state index >= 15 is 0 Å². The van der Waals surface area contributed by atoms with Crippen molar-refractivity contribution in [3.05, 3.63) is 38.9 Å². The first-order valence-electron chi connectivity index (χ1n) is 4.34. The molecule has 0 bridgehead atoms. The molecular weight excluding hydrogens is 250 g/mol. The zero-order valence-corrected chi connectivity index (χ0v) is 9.76. The normalized spacial score (nSPS) is 10.4. The van der Waals surface area contributed by atoms with E-state index in [4.69, 9.17) is 11.6 Å². The second kappa shape index (κ2) is 4.19. The summed E-state index contributed by atoms with van der Waals surface area (Å²) in [5.41, 5.74) is 0.186. The van der Waals surface area contributed by atoms with Gasteiger partial charge in [-0.05, 0) is 11.4 Å². The quantitative estimate of drug-likeness (QED) is 0.792. The SMILES string of the molecule is CC(=O)c1nocc1C(=O)c1sccc1Cl. The monoisotopic (exact) mass is 255 g/mol. The van der Waals surface area contributed by atoms with Gasteiger partial charge in [-0.25, -0.2) is 0 Å². The van der Waals surface area contributed by atoms with Gasteiger partial charge < -0.3 is 4.52 Å². The zero-order valence-electron chi connectivity index (χ0n) is 8.19. The number of hydrogen-bond donors (Lipinski definition) is 0. The molecule has 0 fully saturated rings. The molecule has 4 nitrogen and oxygen atoms in total. The van der Waals surface area contributed by atoms with Gasteiger partial charge in [0.05, 0.1) is 15.5 Å². The summed E-state index contributed by atoms with van der Waals surface area (Å²) < 4.78 is 4.64. The number of nitrogens with zero attached hydrogens (tertiary/aromatic N) is 1. The molecule has 0 aliphatic carbocycles. The third-order valence-corrected chi connectivity index (χ3v) is 3.31. The molecule has 16 heavy (non-hydrogen) atoms. The summed E-state index contributed by atoms with van der Waals surface area (Å²) in [5, 5.41) is 5.56. The molecule has 0 aromatic carbocycles. The fourth-order valence-electron chi connectivity index (χ4n) is 1.23. The van der Waals surface area contributed by atoms with Gasteiger partial charge in [0.2, 0.25) is 5.78 Å². The average molecular weight is 256 g/mol. The number of carbonyl (C=O) groups is 2. The number of rotatable bonds is 3. The van der Waals surface area contributed by atoms with Crippen LogP contribution in [0.1, 0.15) is 32.6 Å². The molecule has 2 aromatic rings. The number of halogens is 1. The van der Waals surface area contributed by atoms with Crippen molar-refractivity contribution in [2.24, 2.45) is 0 Å². The molecule has 0 aliphatic heterocycles. The lowest BCUT2D eigenvalue weighted by Gasteiger charge is -1.95. The van der Waals surface area contributed by atoms with Crippen LogP contribution in [0.2, 0.25) is 5.02 Å². The van der Waals surface area contributed by atoms with Crippen molar-refractivity contribution in [1.29, 1.82) is 0 Å². The fourth-order valence-corrected chi connectivity index (χ4v) is 2.32. The number of Topliss-reactive ketones (excluding diaryl/α,β-unsaturated/α-hetero) is 1. The average Bonchev–Trinajstić information content (AvgIpc) is 2.84. The van der Waals surface area contributed by atoms with E-state index < -0.39 is 0 Å². The van der Waals surface area contributed by atoms with Crippen molar-refractivity contribution in [2.45, 2.75) is 6.92 Å². The molecule has 0 unspecified atom stereocenters. The van der Waals surface area contributed by atoms with E-state index in [-0.39, 0.29) is 22.8 Å². The Morgan fingerprint density at radius 3 is 2.81 bits per heavy atom. The molecule has 0 radical (unpaired) electrons. The first-order valence-corrected chi connectivity index (χ1v) is 5.60. The van der Waals surface area contributed by atoms with Crippen molar-refractivity contribution in [1.82, 2.24) is 5.16 Å². The van der Waals surface area contributed by atoms with Gasteiger partial charge in [-0.1, -0.05) is 16.8 Å². The number of ketones is 2. The van der Waals surface area contributed by atoms with Crippen molar-refractivity contribution in [2.75, 3.05) is 0 Å². The van der Waals surface area contributed by atoms with Crippen LogP contribution in [0.15, 0.2) is 22.2 Å². The van der Waals surface area contributed by atoms with Gasteiger partial charge in [0.25, 0.3) is 0 Å². The summed E-state index contributed by atoms with van der Waals surface area (Å²) in [7, 11) is 0. The van der Waals surface area contributed by atoms with Gasteiger partial charge in [0.15, 0.2) is 11.5 Å². The third-order valence-electron chi connectivity index (χ3n) is 1.97. The van der Waals surface area contributed by atoms with Gasteiger partial charge in [0, 0.05) is 6.92 Å². The van der Waals surface area contributed by atoms with E-state index in [9.17, 15) is 9.59 Å². The van der Waals surface area contributed by atoms with Gasteiger partial charge >= 0.3 is 0 Å². The first-order chi connectivity index (χ1) is 7.61. The van der Waals surface area contributed by atoms with E-state index in [1.807, 2.05) is 0 Å². The highest BCUT2D eigenvalue weighted by molar-refractivity contribution is 7.13. The number of thiophene rings is 1. The van der Waals surface area contributed by atoms with E-state index in [1.165, 1.54) is 18.3 Å². The molecular formula is C10H6ClNO3S. The Kier molecular flexibility index (Phi) is 2.89. The van der Waals surface area contributed by atoms with Gasteiger partial charge in [-0.15, -0.1) is 11.3 Å². The Hall–Kier alpha value is -1.46. The highest BCUT2D eigenvalue weighted by atomic mass is 35.5. The fraction of sp³-hybridized carbons (Fsp3) is 0.100. The maximum absolute atomic E-state index is 12.0. The molecule has 2 aromatic heterocycles. The highest BCUT2D eigenvalue weighted by Crippen LogP contribution is 2.26. The van der Waals surface area contributed by atoms with Crippen LogP contribution in [0, 0.1) is 0 Å². The predicted octanol–water partition coefficient (Wildman–Crippen LogP) is 2.82. The van der Waals surface area contributed by atoms with E-state index in [2.05, 4.69) is 9.68 Å². The lowest BCUT2D eigenvalue weighted by molar-refractivity contribution is 0.0987. The zero-order chi connectivity index (χ0) is 11.7. The van der Waals surface area contributed by atoms with Crippen molar-refractivity contribution >= 4 is 34.5 Å². The minimum atomic E-state index is -0.341. The lowest BCUT2D eigenvalue weighted by Crippen LogP contribution is -2.05. The van der Waals surface area contributed by atoms with Crippen LogP contribution < -0.4 is 0 Å². The Morgan fingerprint density at radius 2 is 2.25 bits per heavy atom. The maximum Gasteiger partial charge on any atom is 0.210 e. The largest absolute Gasteiger partial charge is 0.363 e. The van der Waals surface area contributed by atoms with Crippen LogP contribution in [-0.2, 0) is 0 Å². The summed E-state index contributed by atoms with van der Waals surface area (Å²) in [4.78, 5) is 23.6. The van der Waals surface area contributed by atoms with Gasteiger partial charge in [0.1, 0.15) is 6.26 Å². The van der Waals surface area contributed by atoms with Crippen molar-refractivity contribution in [3.8, 4) is 0 Å². The van der Waals surface area contributed by atoms with Crippen LogP contribution in [0.5, 0.6) is 0 Å². The van der Waals surface area contributed by atoms with E-state index in [0.29, 0.717) is 9.90 Å². The molecule has 0 amide bonds. The Morgan fingerprint density at radius 1 is 1.50 bits per heavy atom. The standard InChI is InChI=1S/C10H6ClNO3S/c1-5(13)8-6(4-15-12-8)9(14)10-7(11)2-3-16-10/h2-4H,1H3. The highest BCUT2D eigenvalue weighted by Gasteiger charge is 2.22. The van der Waals surface area contributed by atoms with E-state index in [0.717, 1.165) is 6.26 Å². The van der Waals surface area contributed by atoms with Gasteiger partial charge in [-0.3, -0.25) is 9.59 Å². The third kappa shape index (κ3) is 1.79. The van der Waals surface area contributed by atoms with Gasteiger partial charge in [-0.2, -0.15) is 0 Å². The van der Waals surface area contributed by atoms with Crippen LogP contribution in [-0.4, -0.2) is 16.7 Å². The van der Waals surface area contributed by atoms with Crippen LogP contribution in [0.3, 0.4) is 0 Å². The summed E-state index contributed by atoms with van der Waals surface area (Å²) in [6.45, 7) is 1.32. The molecule has 2 heterocycles. The maximum atomic E-state index is 12.0. The summed E-state index contributed by atoms with van der Waals surface area (Å²) in [5.74, 6) is -0.656. The molecule has 0 spiro atoms. The molecule has 6 heteroatoms. The van der Waals surface area contributed by atoms with Crippen LogP contribution in [0.25, 0.3) is 0 Å². The Labute approximate surface area is 99.8 Å². The minimum Gasteiger partial charge on any atom is -0.363 e. The molecule has 2 rings (SSSR count). The molecule has 0 atom stereocenters. The molecule has 0 aliphatic rings. The molecule has 82 valence electrons. The molecule has 0 saturated heterocycles. The number of carbonyl (C=O) groups excluding carboxylic acids is 2. The molecule has 0 saturated carbocycles. The first kappa shape index (κ1) is 11.0. The van der Waals surface area contributed by atoms with Crippen molar-refractivity contribution in [3.63, 3.8) is 0 Å². The van der Waals surface area contributed by atoms with Crippen molar-refractivity contribution < 1.29 is 14.1 Å². The smallest absolute Gasteiger partial charge is 0.210 e. The topological polar surface area (TPSA) is 60.2 Å². The molecule has 0 N–H and O–H groups in total. The number of hydrogen-bond acceptors (Lipinski definition) is 5. The predicted molar refractivity (Wildman–Crippen MR) is 59.3 cm³/mol. The van der Waals surface area contributed by atoms with Crippen LogP contribution >= 0.6 is 22.9 Å². The second-order valence-corrected chi connectivity index (χ2v) is 4.38. The summed E-state index contributed by atoms with van der Waals surface area (Å²) >= 11 is 7.05. The summed E-state index contributed by atoms with van der Waals surface area (Å²) in [6, 6.07) is 1.63. The lowest BCUT2D eigenvalue weighted by atomic mass is 10.1. The number of aromatic nitrogens is 1. The Bertz CT molecular complexity index is 558. The van der Waals surface area contributed by atoms with Crippen LogP contribution in [0.4, 0.5) is 0 Å². The minimum absolute atomic E-state index is 0.0365. The summed E-state index contributed by atoms with van der Waals surface area (Å²) in [6.07, 6.45) is 1.16.